The Balaban J connectivity index is 1.21. The van der Waals surface area contributed by atoms with Gasteiger partial charge in [0.05, 0.1) is 16.9 Å². The molecule has 0 fully saturated rings. The predicted molar refractivity (Wildman–Crippen MR) is 184 cm³/mol. The van der Waals surface area contributed by atoms with E-state index in [2.05, 4.69) is 66.7 Å². The summed E-state index contributed by atoms with van der Waals surface area (Å²) in [6.07, 6.45) is 0. The highest BCUT2D eigenvalue weighted by molar-refractivity contribution is 6.06. The van der Waals surface area contributed by atoms with Crippen LogP contribution in [0.4, 0.5) is 0 Å². The fourth-order valence-corrected chi connectivity index (χ4v) is 6.02. The van der Waals surface area contributed by atoms with E-state index in [1.54, 1.807) is 0 Å². The van der Waals surface area contributed by atoms with E-state index < -0.39 is 0 Å². The highest BCUT2D eigenvalue weighted by atomic mass is 16.1. The molecule has 0 N–H and O–H groups in total. The Morgan fingerprint density at radius 2 is 0.933 bits per heavy atom. The van der Waals surface area contributed by atoms with Gasteiger partial charge < -0.3 is 0 Å². The lowest BCUT2D eigenvalue weighted by molar-refractivity contribution is 1.06. The second-order valence-corrected chi connectivity index (χ2v) is 11.0. The van der Waals surface area contributed by atoms with Gasteiger partial charge in [-0.2, -0.15) is 0 Å². The van der Waals surface area contributed by atoms with Gasteiger partial charge in [-0.15, -0.1) is 0 Å². The van der Waals surface area contributed by atoms with Gasteiger partial charge in [0, 0.05) is 33.2 Å². The zero-order valence-corrected chi connectivity index (χ0v) is 24.3. The smallest absolute Gasteiger partial charge is 0.263 e. The van der Waals surface area contributed by atoms with E-state index in [9.17, 15) is 4.79 Å². The zero-order valence-electron chi connectivity index (χ0n) is 24.3. The summed E-state index contributed by atoms with van der Waals surface area (Å²) >= 11 is 0. The quantitative estimate of drug-likeness (QED) is 0.191. The summed E-state index contributed by atoms with van der Waals surface area (Å²) < 4.78 is 1.81. The third kappa shape index (κ3) is 4.89. The van der Waals surface area contributed by atoms with Crippen LogP contribution in [-0.2, 0) is 0 Å². The van der Waals surface area contributed by atoms with Gasteiger partial charge in [0.2, 0.25) is 0 Å². The third-order valence-corrected chi connectivity index (χ3v) is 8.24. The van der Waals surface area contributed by atoms with Crippen LogP contribution in [0.3, 0.4) is 0 Å². The number of hydrogen-bond acceptors (Lipinski definition) is 3. The van der Waals surface area contributed by atoms with Crippen molar-refractivity contribution in [3.63, 3.8) is 0 Å². The summed E-state index contributed by atoms with van der Waals surface area (Å²) in [4.78, 5) is 23.7. The minimum absolute atomic E-state index is 0.0243. The minimum Gasteiger partial charge on any atom is -0.276 e. The molecule has 0 bridgehead atoms. The molecule has 0 spiro atoms. The summed E-state index contributed by atoms with van der Waals surface area (Å²) in [6, 6.07) is 54.9. The van der Waals surface area contributed by atoms with Crippen molar-refractivity contribution >= 4 is 21.7 Å². The van der Waals surface area contributed by atoms with Crippen LogP contribution >= 0.6 is 0 Å². The molecule has 0 aliphatic carbocycles. The van der Waals surface area contributed by atoms with Crippen LogP contribution < -0.4 is 5.56 Å². The number of aromatic nitrogens is 3. The summed E-state index contributed by atoms with van der Waals surface area (Å²) in [6.45, 7) is 0. The molecule has 4 heteroatoms. The van der Waals surface area contributed by atoms with Gasteiger partial charge in [-0.3, -0.25) is 9.36 Å². The van der Waals surface area contributed by atoms with Gasteiger partial charge in [-0.25, -0.2) is 9.97 Å². The van der Waals surface area contributed by atoms with Crippen LogP contribution in [-0.4, -0.2) is 14.5 Å². The summed E-state index contributed by atoms with van der Waals surface area (Å²) in [5.41, 5.74) is 8.56. The molecule has 8 aromatic rings. The second-order valence-electron chi connectivity index (χ2n) is 11.0. The molecule has 45 heavy (non-hydrogen) atoms. The number of para-hydroxylation sites is 1. The van der Waals surface area contributed by atoms with Crippen molar-refractivity contribution in [3.8, 4) is 50.7 Å². The highest BCUT2D eigenvalue weighted by Crippen LogP contribution is 2.31. The van der Waals surface area contributed by atoms with Crippen molar-refractivity contribution in [3.05, 3.63) is 174 Å². The number of hydrogen-bond donors (Lipinski definition) is 0. The summed E-state index contributed by atoms with van der Waals surface area (Å²) in [5, 5.41) is 2.73. The van der Waals surface area contributed by atoms with Crippen LogP contribution in [0.25, 0.3) is 72.4 Å². The van der Waals surface area contributed by atoms with Crippen LogP contribution in [0.15, 0.2) is 169 Å². The molecule has 0 unspecified atom stereocenters. The molecule has 0 amide bonds. The normalized spacial score (nSPS) is 11.2. The van der Waals surface area contributed by atoms with Gasteiger partial charge in [0.15, 0.2) is 5.82 Å². The van der Waals surface area contributed by atoms with Gasteiger partial charge in [0.25, 0.3) is 5.56 Å². The number of rotatable bonds is 5. The van der Waals surface area contributed by atoms with Crippen molar-refractivity contribution in [1.29, 1.82) is 0 Å². The Labute approximate surface area is 260 Å². The van der Waals surface area contributed by atoms with Crippen LogP contribution in [0, 0.1) is 0 Å². The standard InChI is InChI=1S/C41H27N3O/c45-41-36-20-8-7-18-34(36)35-19-9-10-21-39(35)44(41)33-24-22-28(23-25-33)31-16-11-17-32(26-31)40-42-37(29-12-3-1-4-13-29)27-38(43-40)30-14-5-2-6-15-30/h1-27H. The van der Waals surface area contributed by atoms with Crippen molar-refractivity contribution in [2.75, 3.05) is 0 Å². The monoisotopic (exact) mass is 577 g/mol. The van der Waals surface area contributed by atoms with E-state index in [1.807, 2.05) is 102 Å². The number of fused-ring (bicyclic) bond motifs is 3. The van der Waals surface area contributed by atoms with Crippen molar-refractivity contribution in [1.82, 2.24) is 14.5 Å². The van der Waals surface area contributed by atoms with Crippen LogP contribution in [0.2, 0.25) is 0 Å². The van der Waals surface area contributed by atoms with Crippen molar-refractivity contribution in [2.24, 2.45) is 0 Å². The highest BCUT2D eigenvalue weighted by Gasteiger charge is 2.14. The number of pyridine rings is 1. The average molecular weight is 578 g/mol. The average Bonchev–Trinajstić information content (AvgIpc) is 3.13. The molecule has 0 radical (unpaired) electrons. The van der Waals surface area contributed by atoms with Crippen molar-refractivity contribution < 1.29 is 0 Å². The SMILES string of the molecule is O=c1c2ccccc2c2ccccc2n1-c1ccc(-c2cccc(-c3nc(-c4ccccc4)cc(-c4ccccc4)n3)c2)cc1. The van der Waals surface area contributed by atoms with E-state index in [4.69, 9.17) is 9.97 Å². The van der Waals surface area contributed by atoms with Crippen molar-refractivity contribution in [2.45, 2.75) is 0 Å². The first-order valence-electron chi connectivity index (χ1n) is 15.0. The van der Waals surface area contributed by atoms with E-state index in [0.717, 1.165) is 61.2 Å². The van der Waals surface area contributed by atoms with Crippen LogP contribution in [0.1, 0.15) is 0 Å². The van der Waals surface area contributed by atoms with Crippen LogP contribution in [0.5, 0.6) is 0 Å². The molecule has 212 valence electrons. The molecule has 0 saturated carbocycles. The largest absolute Gasteiger partial charge is 0.276 e. The molecule has 2 aromatic heterocycles. The van der Waals surface area contributed by atoms with E-state index in [-0.39, 0.29) is 5.56 Å². The lowest BCUT2D eigenvalue weighted by Crippen LogP contribution is -2.19. The first-order valence-corrected chi connectivity index (χ1v) is 15.0. The van der Waals surface area contributed by atoms with Gasteiger partial charge in [-0.1, -0.05) is 127 Å². The van der Waals surface area contributed by atoms with Gasteiger partial charge >= 0.3 is 0 Å². The maximum absolute atomic E-state index is 13.7. The number of nitrogens with zero attached hydrogens (tertiary/aromatic N) is 3. The van der Waals surface area contributed by atoms with E-state index in [1.165, 1.54) is 0 Å². The molecular formula is C41H27N3O. The molecule has 0 saturated heterocycles. The molecule has 8 rings (SSSR count). The lowest BCUT2D eigenvalue weighted by Gasteiger charge is -2.14. The fourth-order valence-electron chi connectivity index (χ4n) is 6.02. The van der Waals surface area contributed by atoms with Gasteiger partial charge in [0.1, 0.15) is 0 Å². The Morgan fingerprint density at radius 1 is 0.400 bits per heavy atom. The third-order valence-electron chi connectivity index (χ3n) is 8.24. The summed E-state index contributed by atoms with van der Waals surface area (Å²) in [5.74, 6) is 0.669. The molecule has 0 aliphatic rings. The van der Waals surface area contributed by atoms with Gasteiger partial charge in [-0.05, 0) is 52.9 Å². The Morgan fingerprint density at radius 3 is 1.60 bits per heavy atom. The maximum Gasteiger partial charge on any atom is 0.263 e. The maximum atomic E-state index is 13.7. The lowest BCUT2D eigenvalue weighted by atomic mass is 10.0. The van der Waals surface area contributed by atoms with E-state index in [0.29, 0.717) is 11.2 Å². The topological polar surface area (TPSA) is 47.8 Å². The first kappa shape index (κ1) is 26.5. The Kier molecular flexibility index (Phi) is 6.58. The molecular weight excluding hydrogens is 550 g/mol. The Hall–Kier alpha value is -6.13. The molecule has 0 aliphatic heterocycles. The molecule has 6 aromatic carbocycles. The second kappa shape index (κ2) is 11.2. The molecule has 2 heterocycles. The Bertz CT molecular complexity index is 2320. The summed E-state index contributed by atoms with van der Waals surface area (Å²) in [7, 11) is 0. The predicted octanol–water partition coefficient (Wildman–Crippen LogP) is 9.60. The number of benzene rings is 6. The molecule has 4 nitrogen and oxygen atoms in total. The zero-order chi connectivity index (χ0) is 30.2. The fraction of sp³-hybridized carbons (Fsp3) is 0. The first-order chi connectivity index (χ1) is 22.2. The molecule has 0 atom stereocenters. The van der Waals surface area contributed by atoms with E-state index >= 15 is 0 Å². The minimum atomic E-state index is -0.0243.